The van der Waals surface area contributed by atoms with Gasteiger partial charge in [0.05, 0.1) is 17.0 Å². The normalized spacial score (nSPS) is 12.0. The van der Waals surface area contributed by atoms with E-state index in [1.807, 2.05) is 56.3 Å². The number of aromatic amines is 1. The van der Waals surface area contributed by atoms with E-state index >= 15 is 0 Å². The van der Waals surface area contributed by atoms with E-state index in [2.05, 4.69) is 35.8 Å². The van der Waals surface area contributed by atoms with Gasteiger partial charge in [0.15, 0.2) is 6.29 Å². The fraction of sp³-hybridized carbons (Fsp3) is 0.323. The number of hydrogen-bond donors (Lipinski definition) is 3. The SMILES string of the molecule is CCOC(CNC(=O)Oc1[nH]c2ccc(NS(=O)(=O)c3ccc(C(C)(C)C)cc3)cc2c1-c1ccccc1)OCC. The Kier molecular flexibility index (Phi) is 9.37. The second-order valence-corrected chi connectivity index (χ2v) is 12.1. The van der Waals surface area contributed by atoms with Gasteiger partial charge in [-0.15, -0.1) is 0 Å². The van der Waals surface area contributed by atoms with Crippen molar-refractivity contribution < 1.29 is 27.4 Å². The van der Waals surface area contributed by atoms with E-state index < -0.39 is 22.4 Å². The largest absolute Gasteiger partial charge is 0.414 e. The molecule has 0 saturated carbocycles. The summed E-state index contributed by atoms with van der Waals surface area (Å²) in [5.41, 5.74) is 3.42. The molecular formula is C31H37N3O6S. The van der Waals surface area contributed by atoms with E-state index in [-0.39, 0.29) is 22.7 Å². The lowest BCUT2D eigenvalue weighted by Crippen LogP contribution is -2.37. The Hall–Kier alpha value is -3.86. The number of hydrogen-bond acceptors (Lipinski definition) is 6. The number of benzene rings is 3. The predicted octanol–water partition coefficient (Wildman–Crippen LogP) is 6.42. The molecule has 4 rings (SSSR count). The number of rotatable bonds is 11. The number of nitrogens with one attached hydrogen (secondary N) is 3. The van der Waals surface area contributed by atoms with Gasteiger partial charge < -0.3 is 24.5 Å². The number of aromatic nitrogens is 1. The van der Waals surface area contributed by atoms with Crippen LogP contribution in [0.2, 0.25) is 0 Å². The average molecular weight is 580 g/mol. The highest BCUT2D eigenvalue weighted by Gasteiger charge is 2.21. The van der Waals surface area contributed by atoms with Crippen molar-refractivity contribution in [2.75, 3.05) is 24.5 Å². The van der Waals surface area contributed by atoms with Crippen molar-refractivity contribution in [2.45, 2.75) is 51.2 Å². The van der Waals surface area contributed by atoms with Crippen LogP contribution in [0, 0.1) is 0 Å². The van der Waals surface area contributed by atoms with Crippen LogP contribution in [0.1, 0.15) is 40.2 Å². The van der Waals surface area contributed by atoms with Gasteiger partial charge in [-0.1, -0.05) is 63.2 Å². The molecule has 4 aromatic rings. The molecule has 0 radical (unpaired) electrons. The van der Waals surface area contributed by atoms with Gasteiger partial charge in [0.2, 0.25) is 5.88 Å². The molecule has 0 aliphatic heterocycles. The Morgan fingerprint density at radius 3 is 2.20 bits per heavy atom. The highest BCUT2D eigenvalue weighted by atomic mass is 32.2. The van der Waals surface area contributed by atoms with Gasteiger partial charge in [0.25, 0.3) is 10.0 Å². The van der Waals surface area contributed by atoms with Gasteiger partial charge >= 0.3 is 6.09 Å². The van der Waals surface area contributed by atoms with Crippen LogP contribution in [-0.4, -0.2) is 45.5 Å². The Bertz CT molecular complexity index is 1570. The summed E-state index contributed by atoms with van der Waals surface area (Å²) in [6.45, 7) is 10.9. The van der Waals surface area contributed by atoms with E-state index in [1.165, 1.54) is 0 Å². The molecule has 1 heterocycles. The minimum atomic E-state index is -3.84. The van der Waals surface area contributed by atoms with E-state index in [1.54, 1.807) is 30.3 Å². The summed E-state index contributed by atoms with van der Waals surface area (Å²) in [4.78, 5) is 16.0. The zero-order valence-corrected chi connectivity index (χ0v) is 24.8. The summed E-state index contributed by atoms with van der Waals surface area (Å²) in [7, 11) is -3.84. The zero-order valence-electron chi connectivity index (χ0n) is 24.0. The number of fused-ring (bicyclic) bond motifs is 1. The summed E-state index contributed by atoms with van der Waals surface area (Å²) < 4.78 is 45.7. The number of amides is 1. The highest BCUT2D eigenvalue weighted by molar-refractivity contribution is 7.92. The van der Waals surface area contributed by atoms with Gasteiger partial charge in [-0.05, 0) is 60.7 Å². The van der Waals surface area contributed by atoms with Crippen molar-refractivity contribution in [3.8, 4) is 17.0 Å². The minimum Gasteiger partial charge on any atom is -0.393 e. The Labute approximate surface area is 241 Å². The van der Waals surface area contributed by atoms with Crippen LogP contribution in [0.4, 0.5) is 10.5 Å². The van der Waals surface area contributed by atoms with E-state index in [4.69, 9.17) is 14.2 Å². The van der Waals surface area contributed by atoms with Gasteiger partial charge in [-0.25, -0.2) is 13.2 Å². The van der Waals surface area contributed by atoms with Crippen LogP contribution in [0.3, 0.4) is 0 Å². The number of anilines is 1. The lowest BCUT2D eigenvalue weighted by molar-refractivity contribution is -0.131. The maximum atomic E-state index is 13.2. The second kappa shape index (κ2) is 12.8. The maximum Gasteiger partial charge on any atom is 0.414 e. The van der Waals surface area contributed by atoms with Crippen LogP contribution in [0.5, 0.6) is 5.88 Å². The quantitative estimate of drug-likeness (QED) is 0.177. The van der Waals surface area contributed by atoms with Gasteiger partial charge in [0.1, 0.15) is 0 Å². The first kappa shape index (κ1) is 30.1. The summed E-state index contributed by atoms with van der Waals surface area (Å²) in [6.07, 6.45) is -1.27. The first-order chi connectivity index (χ1) is 19.5. The van der Waals surface area contributed by atoms with Crippen molar-refractivity contribution in [1.29, 1.82) is 0 Å². The third-order valence-corrected chi connectivity index (χ3v) is 7.82. The van der Waals surface area contributed by atoms with E-state index in [0.29, 0.717) is 35.4 Å². The third-order valence-electron chi connectivity index (χ3n) is 6.42. The summed E-state index contributed by atoms with van der Waals surface area (Å²) in [6, 6.07) is 21.4. The van der Waals surface area contributed by atoms with Crippen LogP contribution >= 0.6 is 0 Å². The molecule has 0 fully saturated rings. The van der Waals surface area contributed by atoms with Crippen molar-refractivity contribution in [2.24, 2.45) is 0 Å². The van der Waals surface area contributed by atoms with Crippen LogP contribution < -0.4 is 14.8 Å². The molecule has 1 aromatic heterocycles. The molecule has 0 aliphatic rings. The molecule has 3 aromatic carbocycles. The topological polar surface area (TPSA) is 119 Å². The molecule has 9 nitrogen and oxygen atoms in total. The summed E-state index contributed by atoms with van der Waals surface area (Å²) in [5.74, 6) is 0.228. The Morgan fingerprint density at radius 1 is 0.927 bits per heavy atom. The molecule has 0 atom stereocenters. The van der Waals surface area contributed by atoms with Crippen LogP contribution in [-0.2, 0) is 24.9 Å². The van der Waals surface area contributed by atoms with E-state index in [0.717, 1.165) is 11.1 Å². The molecule has 218 valence electrons. The number of carbonyl (C=O) groups excluding carboxylic acids is 1. The second-order valence-electron chi connectivity index (χ2n) is 10.4. The van der Waals surface area contributed by atoms with Crippen molar-refractivity contribution in [3.05, 3.63) is 78.4 Å². The molecule has 10 heteroatoms. The smallest absolute Gasteiger partial charge is 0.393 e. The maximum absolute atomic E-state index is 13.2. The summed E-state index contributed by atoms with van der Waals surface area (Å²) >= 11 is 0. The fourth-order valence-electron chi connectivity index (χ4n) is 4.38. The molecule has 0 saturated heterocycles. The van der Waals surface area contributed by atoms with Crippen molar-refractivity contribution in [1.82, 2.24) is 10.3 Å². The number of ether oxygens (including phenoxy) is 3. The number of carbonyl (C=O) groups is 1. The number of sulfonamides is 1. The van der Waals surface area contributed by atoms with Gasteiger partial charge in [0, 0.05) is 29.8 Å². The van der Waals surface area contributed by atoms with Gasteiger partial charge in [-0.2, -0.15) is 0 Å². The standard InChI is InChI=1S/C31H37N3O6S/c1-6-38-27(39-7-2)20-32-30(35)40-29-28(21-11-9-8-10-12-21)25-19-23(15-18-26(25)33-29)34-41(36,37)24-16-13-22(14-17-24)31(3,4)5/h8-19,27,33-34H,6-7,20H2,1-5H3,(H,32,35). The monoisotopic (exact) mass is 579 g/mol. The first-order valence-corrected chi connectivity index (χ1v) is 15.0. The van der Waals surface area contributed by atoms with Crippen LogP contribution in [0.25, 0.3) is 22.0 Å². The molecule has 3 N–H and O–H groups in total. The zero-order chi connectivity index (χ0) is 29.6. The Morgan fingerprint density at radius 2 is 1.59 bits per heavy atom. The molecule has 1 amide bonds. The molecule has 0 bridgehead atoms. The lowest BCUT2D eigenvalue weighted by Gasteiger charge is -2.19. The first-order valence-electron chi connectivity index (χ1n) is 13.5. The third kappa shape index (κ3) is 7.46. The van der Waals surface area contributed by atoms with Crippen molar-refractivity contribution in [3.63, 3.8) is 0 Å². The lowest BCUT2D eigenvalue weighted by atomic mass is 9.87. The van der Waals surface area contributed by atoms with Crippen LogP contribution in [0.15, 0.2) is 77.7 Å². The Balaban J connectivity index is 1.62. The van der Waals surface area contributed by atoms with Gasteiger partial charge in [-0.3, -0.25) is 4.72 Å². The van der Waals surface area contributed by atoms with Crippen molar-refractivity contribution >= 4 is 32.7 Å². The molecule has 0 unspecified atom stereocenters. The predicted molar refractivity (Wildman–Crippen MR) is 161 cm³/mol. The highest BCUT2D eigenvalue weighted by Crippen LogP contribution is 2.39. The molecule has 41 heavy (non-hydrogen) atoms. The van der Waals surface area contributed by atoms with E-state index in [9.17, 15) is 13.2 Å². The molecule has 0 spiro atoms. The molecular weight excluding hydrogens is 542 g/mol. The minimum absolute atomic E-state index is 0.0894. The fourth-order valence-corrected chi connectivity index (χ4v) is 5.43. The molecule has 0 aliphatic carbocycles. The number of H-pyrrole nitrogens is 1. The average Bonchev–Trinajstić information content (AvgIpc) is 3.28. The summed E-state index contributed by atoms with van der Waals surface area (Å²) in [5, 5.41) is 3.36.